The van der Waals surface area contributed by atoms with Crippen molar-refractivity contribution < 1.29 is 4.79 Å². The van der Waals surface area contributed by atoms with E-state index in [4.69, 9.17) is 0 Å². The van der Waals surface area contributed by atoms with Crippen LogP contribution >= 0.6 is 0 Å². The monoisotopic (exact) mass is 210 g/mol. The Bertz CT molecular complexity index is 321. The van der Waals surface area contributed by atoms with Crippen LogP contribution in [0.3, 0.4) is 0 Å². The highest BCUT2D eigenvalue weighted by Gasteiger charge is 2.08. The Hall–Kier alpha value is -1.36. The van der Waals surface area contributed by atoms with Gasteiger partial charge in [-0.1, -0.05) is 0 Å². The minimum Gasteiger partial charge on any atom is -0.354 e. The predicted octanol–water partition coefficient (Wildman–Crippen LogP) is -0.313. The summed E-state index contributed by atoms with van der Waals surface area (Å²) in [6.45, 7) is 2.46. The van der Waals surface area contributed by atoms with Gasteiger partial charge in [0, 0.05) is 26.2 Å². The Morgan fingerprint density at radius 2 is 2.40 bits per heavy atom. The summed E-state index contributed by atoms with van der Waals surface area (Å²) >= 11 is 0. The lowest BCUT2D eigenvalue weighted by molar-refractivity contribution is -0.122. The molecule has 84 valence electrons. The molecular formula is C10H18N4O. The van der Waals surface area contributed by atoms with Gasteiger partial charge in [0.1, 0.15) is 0 Å². The van der Waals surface area contributed by atoms with Crippen molar-refractivity contribution in [2.75, 3.05) is 13.6 Å². The second kappa shape index (κ2) is 5.50. The van der Waals surface area contributed by atoms with Crippen LogP contribution in [0, 0.1) is 0 Å². The maximum absolute atomic E-state index is 11.4. The Balaban J connectivity index is 2.24. The molecule has 5 nitrogen and oxygen atoms in total. The van der Waals surface area contributed by atoms with Crippen molar-refractivity contribution in [2.45, 2.75) is 19.4 Å². The first kappa shape index (κ1) is 11.7. The number of rotatable bonds is 5. The molecule has 0 fully saturated rings. The predicted molar refractivity (Wildman–Crippen MR) is 58.4 cm³/mol. The van der Waals surface area contributed by atoms with E-state index in [1.807, 2.05) is 26.2 Å². The van der Waals surface area contributed by atoms with Gasteiger partial charge < -0.3 is 10.6 Å². The first-order chi connectivity index (χ1) is 7.13. The Morgan fingerprint density at radius 3 is 2.93 bits per heavy atom. The van der Waals surface area contributed by atoms with Crippen molar-refractivity contribution in [1.29, 1.82) is 0 Å². The van der Waals surface area contributed by atoms with Crippen molar-refractivity contribution in [3.63, 3.8) is 0 Å². The number of carbonyl (C=O) groups excluding carboxylic acids is 1. The van der Waals surface area contributed by atoms with Gasteiger partial charge >= 0.3 is 0 Å². The first-order valence-electron chi connectivity index (χ1n) is 5.07. The molecule has 1 heterocycles. The molecule has 0 saturated carbocycles. The van der Waals surface area contributed by atoms with Crippen LogP contribution in [0.15, 0.2) is 12.3 Å². The van der Waals surface area contributed by atoms with Gasteiger partial charge in [0.25, 0.3) is 0 Å². The molecule has 5 heteroatoms. The van der Waals surface area contributed by atoms with Crippen LogP contribution in [0.2, 0.25) is 0 Å². The first-order valence-corrected chi connectivity index (χ1v) is 5.07. The molecule has 1 unspecified atom stereocenters. The second-order valence-corrected chi connectivity index (χ2v) is 3.53. The summed E-state index contributed by atoms with van der Waals surface area (Å²) in [5.41, 5.74) is 0.995. The Labute approximate surface area is 89.9 Å². The molecule has 2 N–H and O–H groups in total. The smallest absolute Gasteiger partial charge is 0.236 e. The van der Waals surface area contributed by atoms with Crippen LogP contribution in [0.25, 0.3) is 0 Å². The summed E-state index contributed by atoms with van der Waals surface area (Å²) in [6, 6.07) is 1.81. The van der Waals surface area contributed by atoms with Crippen molar-refractivity contribution in [2.24, 2.45) is 7.05 Å². The molecular weight excluding hydrogens is 192 g/mol. The maximum atomic E-state index is 11.4. The second-order valence-electron chi connectivity index (χ2n) is 3.53. The van der Waals surface area contributed by atoms with Gasteiger partial charge in [-0.15, -0.1) is 0 Å². The highest BCUT2D eigenvalue weighted by molar-refractivity contribution is 5.81. The number of nitrogens with one attached hydrogen (secondary N) is 2. The number of amides is 1. The molecule has 0 aliphatic heterocycles. The van der Waals surface area contributed by atoms with E-state index in [9.17, 15) is 4.79 Å². The van der Waals surface area contributed by atoms with Gasteiger partial charge in [-0.2, -0.15) is 5.10 Å². The van der Waals surface area contributed by atoms with E-state index < -0.39 is 0 Å². The van der Waals surface area contributed by atoms with Crippen LogP contribution in [0.5, 0.6) is 0 Å². The van der Waals surface area contributed by atoms with E-state index in [1.54, 1.807) is 11.7 Å². The fourth-order valence-corrected chi connectivity index (χ4v) is 1.19. The quantitative estimate of drug-likeness (QED) is 0.700. The van der Waals surface area contributed by atoms with Crippen molar-refractivity contribution >= 4 is 5.91 Å². The molecule has 1 aromatic heterocycles. The van der Waals surface area contributed by atoms with Gasteiger partial charge in [-0.05, 0) is 20.0 Å². The Kier molecular flexibility index (Phi) is 4.30. The van der Waals surface area contributed by atoms with Crippen molar-refractivity contribution in [1.82, 2.24) is 20.4 Å². The zero-order valence-electron chi connectivity index (χ0n) is 9.45. The van der Waals surface area contributed by atoms with Gasteiger partial charge in [-0.25, -0.2) is 0 Å². The summed E-state index contributed by atoms with van der Waals surface area (Å²) in [4.78, 5) is 11.4. The molecule has 1 rings (SSSR count). The molecule has 0 aliphatic carbocycles. The molecule has 0 aromatic carbocycles. The average Bonchev–Trinajstić information content (AvgIpc) is 2.63. The van der Waals surface area contributed by atoms with Crippen LogP contribution in [-0.2, 0) is 18.3 Å². The van der Waals surface area contributed by atoms with Crippen LogP contribution in [-0.4, -0.2) is 35.3 Å². The number of hydrogen-bond donors (Lipinski definition) is 2. The fourth-order valence-electron chi connectivity index (χ4n) is 1.19. The largest absolute Gasteiger partial charge is 0.354 e. The molecule has 1 aromatic rings. The molecule has 1 amide bonds. The summed E-state index contributed by atoms with van der Waals surface area (Å²) in [6.07, 6.45) is 2.66. The van der Waals surface area contributed by atoms with E-state index in [1.165, 1.54) is 0 Å². The van der Waals surface area contributed by atoms with Crippen molar-refractivity contribution in [3.8, 4) is 0 Å². The Morgan fingerprint density at radius 1 is 1.67 bits per heavy atom. The van der Waals surface area contributed by atoms with E-state index >= 15 is 0 Å². The number of carbonyl (C=O) groups is 1. The summed E-state index contributed by atoms with van der Waals surface area (Å²) in [5.74, 6) is 0.0217. The van der Waals surface area contributed by atoms with Crippen molar-refractivity contribution in [3.05, 3.63) is 18.0 Å². The van der Waals surface area contributed by atoms with Crippen LogP contribution < -0.4 is 10.6 Å². The van der Waals surface area contributed by atoms with Crippen LogP contribution in [0.1, 0.15) is 12.6 Å². The number of nitrogens with zero attached hydrogens (tertiary/aromatic N) is 2. The third kappa shape index (κ3) is 3.71. The van der Waals surface area contributed by atoms with Gasteiger partial charge in [0.2, 0.25) is 5.91 Å². The van der Waals surface area contributed by atoms with E-state index in [-0.39, 0.29) is 11.9 Å². The minimum absolute atomic E-state index is 0.0217. The lowest BCUT2D eigenvalue weighted by Crippen LogP contribution is -2.41. The molecule has 0 spiro atoms. The zero-order chi connectivity index (χ0) is 11.3. The van der Waals surface area contributed by atoms with E-state index in [0.29, 0.717) is 6.54 Å². The third-order valence-corrected chi connectivity index (χ3v) is 2.28. The molecule has 0 saturated heterocycles. The highest BCUT2D eigenvalue weighted by Crippen LogP contribution is 1.94. The minimum atomic E-state index is -0.145. The molecule has 1 atom stereocenters. The normalized spacial score (nSPS) is 12.5. The molecule has 0 radical (unpaired) electrons. The third-order valence-electron chi connectivity index (χ3n) is 2.28. The standard InChI is InChI=1S/C10H18N4O/c1-8(11-2)10(15)12-6-4-9-5-7-14(3)13-9/h5,7-8,11H,4,6H2,1-3H3,(H,12,15). The molecule has 0 bridgehead atoms. The van der Waals surface area contributed by atoms with Crippen LogP contribution in [0.4, 0.5) is 0 Å². The highest BCUT2D eigenvalue weighted by atomic mass is 16.2. The molecule has 15 heavy (non-hydrogen) atoms. The SMILES string of the molecule is CNC(C)C(=O)NCCc1ccn(C)n1. The van der Waals surface area contributed by atoms with E-state index in [2.05, 4.69) is 15.7 Å². The summed E-state index contributed by atoms with van der Waals surface area (Å²) in [5, 5.41) is 9.95. The summed E-state index contributed by atoms with van der Waals surface area (Å²) in [7, 11) is 3.65. The lowest BCUT2D eigenvalue weighted by atomic mass is 10.3. The average molecular weight is 210 g/mol. The lowest BCUT2D eigenvalue weighted by Gasteiger charge is -2.09. The number of hydrogen-bond acceptors (Lipinski definition) is 3. The maximum Gasteiger partial charge on any atom is 0.236 e. The molecule has 0 aliphatic rings. The van der Waals surface area contributed by atoms with Gasteiger partial charge in [0.15, 0.2) is 0 Å². The summed E-state index contributed by atoms with van der Waals surface area (Å²) < 4.78 is 1.76. The number of aryl methyl sites for hydroxylation is 1. The van der Waals surface area contributed by atoms with Gasteiger partial charge in [0.05, 0.1) is 11.7 Å². The number of aromatic nitrogens is 2. The zero-order valence-corrected chi connectivity index (χ0v) is 9.45. The topological polar surface area (TPSA) is 59.0 Å². The van der Waals surface area contributed by atoms with Gasteiger partial charge in [-0.3, -0.25) is 9.48 Å². The number of likely N-dealkylation sites (N-methyl/N-ethyl adjacent to an activating group) is 1. The van der Waals surface area contributed by atoms with E-state index in [0.717, 1.165) is 12.1 Å². The fraction of sp³-hybridized carbons (Fsp3) is 0.600.